The maximum atomic E-state index is 14.0. The molecule has 5 aromatic rings. The summed E-state index contributed by atoms with van der Waals surface area (Å²) in [6.07, 6.45) is 3.75. The van der Waals surface area contributed by atoms with E-state index in [2.05, 4.69) is 51.1 Å². The summed E-state index contributed by atoms with van der Waals surface area (Å²) in [6.45, 7) is 8.70. The highest BCUT2D eigenvalue weighted by Crippen LogP contribution is 2.32. The number of hydrogen-bond acceptors (Lipinski definition) is 15. The van der Waals surface area contributed by atoms with E-state index in [1.165, 1.54) is 56.3 Å². The number of hydrogen-bond donors (Lipinski definition) is 5. The molecule has 0 spiro atoms. The lowest BCUT2D eigenvalue weighted by molar-refractivity contribution is 0.00774. The second kappa shape index (κ2) is 28.7. The number of carbonyl (C=O) groups excluding carboxylic acids is 3. The first-order valence-electron chi connectivity index (χ1n) is 22.9. The fourth-order valence-electron chi connectivity index (χ4n) is 6.96. The lowest BCUT2D eigenvalue weighted by atomic mass is 10.1. The Morgan fingerprint density at radius 2 is 1.51 bits per heavy atom. The van der Waals surface area contributed by atoms with Crippen molar-refractivity contribution in [3.05, 3.63) is 113 Å². The number of ether oxygens (including phenoxy) is 5. The number of amidine groups is 1. The van der Waals surface area contributed by atoms with E-state index in [4.69, 9.17) is 47.4 Å². The minimum Gasteiger partial charge on any atom is -0.494 e. The molecule has 1 aromatic heterocycles. The van der Waals surface area contributed by atoms with Gasteiger partial charge in [0.15, 0.2) is 44.3 Å². The number of Topliss-reactive ketones (excluding diaryl/α,β-unsaturated/α-hetero) is 1. The van der Waals surface area contributed by atoms with Crippen LogP contribution in [0.25, 0.3) is 0 Å². The minimum atomic E-state index is -0.610. The van der Waals surface area contributed by atoms with Crippen molar-refractivity contribution in [2.75, 3.05) is 67.6 Å². The van der Waals surface area contributed by atoms with Gasteiger partial charge in [-0.15, -0.1) is 9.24 Å². The summed E-state index contributed by atoms with van der Waals surface area (Å²) < 4.78 is 54.1. The summed E-state index contributed by atoms with van der Waals surface area (Å²) in [5.74, 6) is 0.175. The van der Waals surface area contributed by atoms with Crippen LogP contribution in [0, 0.1) is 11.6 Å². The monoisotopic (exact) mass is 1140 g/mol. The van der Waals surface area contributed by atoms with Crippen LogP contribution >= 0.6 is 60.5 Å². The van der Waals surface area contributed by atoms with Crippen molar-refractivity contribution in [2.45, 2.75) is 64.3 Å². The molecular weight excluding hydrogens is 1090 g/mol. The number of thiocarbonyl (C=S) groups is 1. The first kappa shape index (κ1) is 58.3. The van der Waals surface area contributed by atoms with E-state index in [1.54, 1.807) is 4.90 Å². The molecule has 0 bridgehead atoms. The van der Waals surface area contributed by atoms with Gasteiger partial charge in [0.05, 0.1) is 26.1 Å². The fraction of sp³-hybridized carbons (Fsp3) is 0.360. The van der Waals surface area contributed by atoms with Gasteiger partial charge in [-0.05, 0) is 150 Å². The van der Waals surface area contributed by atoms with Crippen LogP contribution in [0.5, 0.6) is 23.0 Å². The third-order valence-corrected chi connectivity index (χ3v) is 13.2. The van der Waals surface area contributed by atoms with Crippen LogP contribution in [-0.2, 0) is 4.74 Å². The molecule has 0 saturated carbocycles. The summed E-state index contributed by atoms with van der Waals surface area (Å²) in [5, 5.41) is 10.9. The zero-order chi connectivity index (χ0) is 53.1. The van der Waals surface area contributed by atoms with Crippen molar-refractivity contribution >= 4 is 111 Å². The van der Waals surface area contributed by atoms with Crippen molar-refractivity contribution < 1.29 is 46.8 Å². The average Bonchev–Trinajstić information content (AvgIpc) is 3.73. The smallest absolute Gasteiger partial charge is 0.410 e. The van der Waals surface area contributed by atoms with E-state index in [0.717, 1.165) is 84.5 Å². The molecule has 16 nitrogen and oxygen atoms in total. The number of alkyl halides is 1. The maximum Gasteiger partial charge on any atom is 0.410 e. The SMILES string of the molecule is CC(C)(C)OC(=O)N1CCCC(Oc2ccc(NC(=S)N=C(N)SCP)cc2)C1.COc1ccc(C(=O)CBr)cc1F.COc1ccc(C(=O)c2sc(Nc3ccc(OC4CCCNC4)cc3)nc2N)cc1F. The van der Waals surface area contributed by atoms with E-state index < -0.39 is 23.0 Å². The van der Waals surface area contributed by atoms with Gasteiger partial charge in [-0.25, -0.2) is 18.6 Å². The summed E-state index contributed by atoms with van der Waals surface area (Å²) in [6, 6.07) is 23.2. The number of nitrogens with two attached hydrogens (primary N) is 2. The second-order valence-corrected chi connectivity index (χ2v) is 21.1. The number of aromatic nitrogens is 1. The predicted octanol–water partition coefficient (Wildman–Crippen LogP) is 10.4. The Hall–Kier alpha value is -5.64. The molecule has 3 unspecified atom stereocenters. The molecule has 2 saturated heterocycles. The number of amides is 1. The van der Waals surface area contributed by atoms with Gasteiger partial charge in [0, 0.05) is 41.1 Å². The van der Waals surface area contributed by atoms with Crippen LogP contribution in [0.3, 0.4) is 0 Å². The molecule has 2 fully saturated rings. The Bertz CT molecular complexity index is 2680. The number of anilines is 4. The van der Waals surface area contributed by atoms with E-state index in [0.29, 0.717) is 34.1 Å². The maximum absolute atomic E-state index is 14.0. The minimum absolute atomic E-state index is 0.0653. The molecule has 392 valence electrons. The number of nitrogens with one attached hydrogen (secondary N) is 3. The lowest BCUT2D eigenvalue weighted by Crippen LogP contribution is -2.46. The molecule has 0 radical (unpaired) electrons. The van der Waals surface area contributed by atoms with Crippen LogP contribution in [0.2, 0.25) is 0 Å². The topological polar surface area (TPSA) is 214 Å². The van der Waals surface area contributed by atoms with E-state index in [1.807, 2.05) is 69.3 Å². The third kappa shape index (κ3) is 19.0. The third-order valence-electron chi connectivity index (χ3n) is 10.4. The summed E-state index contributed by atoms with van der Waals surface area (Å²) in [5.41, 5.74) is 14.1. The number of likely N-dealkylation sites (tertiary alicyclic amines) is 1. The highest BCUT2D eigenvalue weighted by molar-refractivity contribution is 9.09. The number of halogens is 3. The Morgan fingerprint density at radius 1 is 0.918 bits per heavy atom. The standard InChI is InChI=1S/C22H23FN4O3S.C19H29N4O3PS2.C9H8BrFO2/c1-29-18-9-4-13(11-17(18)23)19(28)20-21(24)27-22(31-20)26-14-5-7-15(8-6-14)30-16-3-2-10-25-12-16;1-19(2,3)26-18(24)23-10-4-5-15(11-23)25-14-8-6-13(7-9-14)21-17(28)22-16(20)29-12-27;1-13-9-3-2-6(4-7(9)11)8(12)5-10/h4-9,11,16,25H,2-3,10,12,24H2,1H3,(H,26,27);6-9,15H,4-5,10-12,27H2,1-3H3,(H3,20,21,22,28);2-4H,5H2,1H3. The van der Waals surface area contributed by atoms with Crippen molar-refractivity contribution in [1.29, 1.82) is 0 Å². The predicted molar refractivity (Wildman–Crippen MR) is 298 cm³/mol. The molecule has 23 heteroatoms. The molecule has 3 atom stereocenters. The second-order valence-electron chi connectivity index (χ2n) is 17.1. The van der Waals surface area contributed by atoms with Gasteiger partial charge in [0.2, 0.25) is 5.78 Å². The zero-order valence-electron chi connectivity index (χ0n) is 41.0. The van der Waals surface area contributed by atoms with Crippen molar-refractivity contribution in [1.82, 2.24) is 15.2 Å². The highest BCUT2D eigenvalue weighted by Gasteiger charge is 2.29. The molecule has 3 heterocycles. The summed E-state index contributed by atoms with van der Waals surface area (Å²) in [4.78, 5) is 46.4. The van der Waals surface area contributed by atoms with E-state index in [-0.39, 0.29) is 57.2 Å². The summed E-state index contributed by atoms with van der Waals surface area (Å²) >= 11 is 10.7. The first-order chi connectivity index (χ1) is 34.9. The number of thioether (sulfide) groups is 1. The van der Waals surface area contributed by atoms with Gasteiger partial charge in [-0.3, -0.25) is 9.59 Å². The quantitative estimate of drug-likeness (QED) is 0.0175. The molecule has 7 N–H and O–H groups in total. The Labute approximate surface area is 448 Å². The van der Waals surface area contributed by atoms with E-state index >= 15 is 0 Å². The summed E-state index contributed by atoms with van der Waals surface area (Å²) in [7, 11) is 5.31. The van der Waals surface area contributed by atoms with Crippen LogP contribution < -0.4 is 46.4 Å². The first-order valence-corrected chi connectivity index (χ1v) is 27.1. The van der Waals surface area contributed by atoms with Crippen LogP contribution in [0.1, 0.15) is 72.0 Å². The molecule has 1 amide bonds. The highest BCUT2D eigenvalue weighted by atomic mass is 79.9. The van der Waals surface area contributed by atoms with Gasteiger partial charge in [-0.2, -0.15) is 4.99 Å². The van der Waals surface area contributed by atoms with Gasteiger partial charge < -0.3 is 56.0 Å². The average molecular weight is 1150 g/mol. The van der Waals surface area contributed by atoms with Gasteiger partial charge in [0.1, 0.15) is 40.0 Å². The van der Waals surface area contributed by atoms with Crippen molar-refractivity contribution in [3.8, 4) is 23.0 Å². The normalized spacial score (nSPS) is 15.5. The van der Waals surface area contributed by atoms with Gasteiger partial charge in [0.25, 0.3) is 0 Å². The Balaban J connectivity index is 0.000000219. The van der Waals surface area contributed by atoms with Crippen LogP contribution in [-0.4, -0.2) is 107 Å². The van der Waals surface area contributed by atoms with Crippen molar-refractivity contribution in [3.63, 3.8) is 0 Å². The number of carbonyl (C=O) groups is 3. The van der Waals surface area contributed by atoms with Crippen LogP contribution in [0.4, 0.5) is 35.9 Å². The molecule has 0 aliphatic carbocycles. The number of methoxy groups -OCH3 is 2. The molecule has 73 heavy (non-hydrogen) atoms. The van der Waals surface area contributed by atoms with Gasteiger partial charge in [-0.1, -0.05) is 39.0 Å². The molecule has 2 aliphatic rings. The fourth-order valence-corrected chi connectivity index (χ4v) is 9.27. The number of rotatable bonds is 14. The molecule has 7 rings (SSSR count). The van der Waals surface area contributed by atoms with Crippen molar-refractivity contribution in [2.24, 2.45) is 10.7 Å². The molecular formula is C50H60BrF2N8O8PS3. The van der Waals surface area contributed by atoms with Gasteiger partial charge >= 0.3 is 6.09 Å². The Kier molecular flexibility index (Phi) is 22.9. The van der Waals surface area contributed by atoms with E-state index in [9.17, 15) is 23.2 Å². The number of piperidine rings is 2. The zero-order valence-corrected chi connectivity index (χ0v) is 46.2. The molecule has 4 aromatic carbocycles. The molecule has 2 aliphatic heterocycles. The number of nitrogens with zero attached hydrogens (tertiary/aromatic N) is 3. The number of benzene rings is 4. The number of thiazole rings is 1. The van der Waals surface area contributed by atoms with Crippen LogP contribution in [0.15, 0.2) is 89.9 Å². The number of aliphatic imine (C=N–C) groups is 1. The largest absolute Gasteiger partial charge is 0.494 e. The number of nitrogen functional groups attached to an aromatic ring is 1. The Morgan fingerprint density at radius 3 is 2.07 bits per heavy atom. The lowest BCUT2D eigenvalue weighted by Gasteiger charge is -2.34. The number of ketones is 2.